The maximum absolute atomic E-state index is 12.8. The van der Waals surface area contributed by atoms with E-state index in [-0.39, 0.29) is 11.7 Å². The van der Waals surface area contributed by atoms with Gasteiger partial charge in [0.1, 0.15) is 17.3 Å². The molecule has 1 aromatic carbocycles. The number of hydrogen-bond acceptors (Lipinski definition) is 2. The fourth-order valence-electron chi connectivity index (χ4n) is 2.46. The molecule has 2 aliphatic rings. The lowest BCUT2D eigenvalue weighted by Gasteiger charge is -2.13. The van der Waals surface area contributed by atoms with E-state index in [0.29, 0.717) is 5.70 Å². The summed E-state index contributed by atoms with van der Waals surface area (Å²) in [6, 6.07) is 6.08. The average Bonchev–Trinajstić information content (AvgIpc) is 2.60. The lowest BCUT2D eigenvalue weighted by atomic mass is 10.2. The van der Waals surface area contributed by atoms with Crippen molar-refractivity contribution in [3.05, 3.63) is 41.3 Å². The van der Waals surface area contributed by atoms with Gasteiger partial charge in [0.25, 0.3) is 5.91 Å². The molecule has 0 unspecified atom stereocenters. The Balaban J connectivity index is 1.89. The van der Waals surface area contributed by atoms with Gasteiger partial charge in [-0.15, -0.1) is 0 Å². The van der Waals surface area contributed by atoms with Crippen molar-refractivity contribution in [1.82, 2.24) is 4.90 Å². The van der Waals surface area contributed by atoms with E-state index in [4.69, 9.17) is 0 Å². The largest absolute Gasteiger partial charge is 0.295 e. The standard InChI is InChI=1S/C15H15FN2O/c16-12-7-5-11(6-8-12)10-13-15(19)18-9-3-1-2-4-14(18)17-13/h5-8,10H,1-4,9H2/b13-10-. The van der Waals surface area contributed by atoms with Crippen LogP contribution >= 0.6 is 0 Å². The van der Waals surface area contributed by atoms with E-state index < -0.39 is 0 Å². The van der Waals surface area contributed by atoms with Crippen molar-refractivity contribution in [3.8, 4) is 0 Å². The van der Waals surface area contributed by atoms with E-state index in [1.165, 1.54) is 12.1 Å². The first-order chi connectivity index (χ1) is 9.24. The molecule has 19 heavy (non-hydrogen) atoms. The summed E-state index contributed by atoms with van der Waals surface area (Å²) < 4.78 is 12.8. The number of amidine groups is 1. The highest BCUT2D eigenvalue weighted by atomic mass is 19.1. The van der Waals surface area contributed by atoms with Gasteiger partial charge in [0.15, 0.2) is 0 Å². The van der Waals surface area contributed by atoms with E-state index >= 15 is 0 Å². The molecule has 3 nitrogen and oxygen atoms in total. The van der Waals surface area contributed by atoms with Crippen molar-refractivity contribution in [3.63, 3.8) is 0 Å². The summed E-state index contributed by atoms with van der Waals surface area (Å²) in [6.07, 6.45) is 5.87. The van der Waals surface area contributed by atoms with Gasteiger partial charge < -0.3 is 0 Å². The summed E-state index contributed by atoms with van der Waals surface area (Å²) in [4.78, 5) is 18.4. The van der Waals surface area contributed by atoms with E-state index in [2.05, 4.69) is 4.99 Å². The third kappa shape index (κ3) is 2.43. The molecule has 98 valence electrons. The van der Waals surface area contributed by atoms with Crippen LogP contribution in [0.3, 0.4) is 0 Å². The molecule has 0 atom stereocenters. The fourth-order valence-corrected chi connectivity index (χ4v) is 2.46. The number of benzene rings is 1. The van der Waals surface area contributed by atoms with Crippen molar-refractivity contribution >= 4 is 17.8 Å². The molecule has 4 heteroatoms. The summed E-state index contributed by atoms with van der Waals surface area (Å²) >= 11 is 0. The molecule has 3 rings (SSSR count). The molecular weight excluding hydrogens is 243 g/mol. The van der Waals surface area contributed by atoms with Gasteiger partial charge in [-0.3, -0.25) is 9.69 Å². The minimum atomic E-state index is -0.278. The molecule has 0 radical (unpaired) electrons. The smallest absolute Gasteiger partial charge is 0.277 e. The van der Waals surface area contributed by atoms with Gasteiger partial charge >= 0.3 is 0 Å². The monoisotopic (exact) mass is 258 g/mol. The topological polar surface area (TPSA) is 32.7 Å². The highest BCUT2D eigenvalue weighted by Gasteiger charge is 2.30. The van der Waals surface area contributed by atoms with Gasteiger partial charge in [-0.25, -0.2) is 9.38 Å². The number of carbonyl (C=O) groups excluding carboxylic acids is 1. The molecule has 0 saturated carbocycles. The maximum Gasteiger partial charge on any atom is 0.277 e. The van der Waals surface area contributed by atoms with Gasteiger partial charge in [-0.1, -0.05) is 18.6 Å². The molecule has 0 aromatic heterocycles. The molecule has 2 heterocycles. The number of aliphatic imine (C=N–C) groups is 1. The molecule has 2 aliphatic heterocycles. The predicted molar refractivity (Wildman–Crippen MR) is 72.0 cm³/mol. The highest BCUT2D eigenvalue weighted by Crippen LogP contribution is 2.24. The minimum absolute atomic E-state index is 0.0266. The molecule has 1 amide bonds. The number of rotatable bonds is 1. The van der Waals surface area contributed by atoms with E-state index in [1.807, 2.05) is 0 Å². The average molecular weight is 258 g/mol. The number of hydrogen-bond donors (Lipinski definition) is 0. The molecule has 1 aromatic rings. The van der Waals surface area contributed by atoms with Gasteiger partial charge in [0, 0.05) is 13.0 Å². The van der Waals surface area contributed by atoms with Gasteiger partial charge in [-0.2, -0.15) is 0 Å². The van der Waals surface area contributed by atoms with Crippen LogP contribution < -0.4 is 0 Å². The summed E-state index contributed by atoms with van der Waals surface area (Å²) in [5, 5.41) is 0. The van der Waals surface area contributed by atoms with Crippen LogP contribution in [-0.2, 0) is 4.79 Å². The van der Waals surface area contributed by atoms with Crippen LogP contribution in [0.5, 0.6) is 0 Å². The van der Waals surface area contributed by atoms with Crippen LogP contribution in [0.25, 0.3) is 6.08 Å². The number of fused-ring (bicyclic) bond motifs is 1. The Labute approximate surface area is 111 Å². The van der Waals surface area contributed by atoms with E-state index in [9.17, 15) is 9.18 Å². The zero-order valence-electron chi connectivity index (χ0n) is 10.6. The summed E-state index contributed by atoms with van der Waals surface area (Å²) in [7, 11) is 0. The van der Waals surface area contributed by atoms with Crippen molar-refractivity contribution in [2.45, 2.75) is 25.7 Å². The van der Waals surface area contributed by atoms with Crippen LogP contribution in [0.15, 0.2) is 35.0 Å². The number of amides is 1. The maximum atomic E-state index is 12.8. The fraction of sp³-hybridized carbons (Fsp3) is 0.333. The first kappa shape index (κ1) is 12.1. The second-order valence-corrected chi connectivity index (χ2v) is 4.88. The van der Waals surface area contributed by atoms with Crippen molar-refractivity contribution in [2.24, 2.45) is 4.99 Å². The van der Waals surface area contributed by atoms with Crippen LogP contribution in [0.2, 0.25) is 0 Å². The second kappa shape index (κ2) is 4.96. The Morgan fingerprint density at radius 3 is 2.74 bits per heavy atom. The van der Waals surface area contributed by atoms with E-state index in [0.717, 1.165) is 43.6 Å². The van der Waals surface area contributed by atoms with Crippen LogP contribution in [0.4, 0.5) is 4.39 Å². The van der Waals surface area contributed by atoms with Crippen molar-refractivity contribution < 1.29 is 9.18 Å². The van der Waals surface area contributed by atoms with Crippen LogP contribution in [0.1, 0.15) is 31.2 Å². The second-order valence-electron chi connectivity index (χ2n) is 4.88. The zero-order valence-corrected chi connectivity index (χ0v) is 10.6. The van der Waals surface area contributed by atoms with Crippen LogP contribution in [-0.4, -0.2) is 23.2 Å². The SMILES string of the molecule is O=C1/C(=C/c2ccc(F)cc2)N=C2CCCCCN12. The first-order valence-corrected chi connectivity index (χ1v) is 6.61. The molecule has 0 N–H and O–H groups in total. The van der Waals surface area contributed by atoms with Gasteiger partial charge in [0.2, 0.25) is 0 Å². The summed E-state index contributed by atoms with van der Waals surface area (Å²) in [5.41, 5.74) is 1.26. The number of nitrogens with zero attached hydrogens (tertiary/aromatic N) is 2. The van der Waals surface area contributed by atoms with Gasteiger partial charge in [-0.05, 0) is 36.6 Å². The third-order valence-electron chi connectivity index (χ3n) is 3.48. The van der Waals surface area contributed by atoms with Crippen molar-refractivity contribution in [1.29, 1.82) is 0 Å². The Bertz CT molecular complexity index is 560. The quantitative estimate of drug-likeness (QED) is 0.713. The zero-order chi connectivity index (χ0) is 13.2. The molecular formula is C15H15FN2O. The molecule has 1 saturated heterocycles. The normalized spacial score (nSPS) is 21.3. The van der Waals surface area contributed by atoms with Crippen molar-refractivity contribution in [2.75, 3.05) is 6.54 Å². The number of carbonyl (C=O) groups is 1. The molecule has 1 fully saturated rings. The first-order valence-electron chi connectivity index (χ1n) is 6.61. The predicted octanol–water partition coefficient (Wildman–Crippen LogP) is 2.98. The highest BCUT2D eigenvalue weighted by molar-refractivity contribution is 6.14. The Kier molecular flexibility index (Phi) is 3.15. The Morgan fingerprint density at radius 1 is 1.16 bits per heavy atom. The lowest BCUT2D eigenvalue weighted by molar-refractivity contribution is -0.122. The molecule has 0 bridgehead atoms. The molecule has 0 spiro atoms. The summed E-state index contributed by atoms with van der Waals surface area (Å²) in [6.45, 7) is 0.762. The van der Waals surface area contributed by atoms with Gasteiger partial charge in [0.05, 0.1) is 0 Å². The Hall–Kier alpha value is -1.97. The molecule has 0 aliphatic carbocycles. The lowest BCUT2D eigenvalue weighted by Crippen LogP contribution is -2.31. The Morgan fingerprint density at radius 2 is 1.95 bits per heavy atom. The van der Waals surface area contributed by atoms with E-state index in [1.54, 1.807) is 23.1 Å². The number of halogens is 1. The van der Waals surface area contributed by atoms with Crippen LogP contribution in [0, 0.1) is 5.82 Å². The summed E-state index contributed by atoms with van der Waals surface area (Å²) in [5.74, 6) is 0.581. The minimum Gasteiger partial charge on any atom is -0.295 e. The third-order valence-corrected chi connectivity index (χ3v) is 3.48.